The van der Waals surface area contributed by atoms with Gasteiger partial charge in [0.2, 0.25) is 0 Å². The maximum atomic E-state index is 14.1. The Morgan fingerprint density at radius 1 is 0.950 bits per heavy atom. The zero-order chi connectivity index (χ0) is 27.8. The van der Waals surface area contributed by atoms with Gasteiger partial charge in [0.25, 0.3) is 0 Å². The monoisotopic (exact) mass is 531 g/mol. The van der Waals surface area contributed by atoms with Gasteiger partial charge in [-0.25, -0.2) is 9.48 Å². The van der Waals surface area contributed by atoms with Crippen molar-refractivity contribution in [3.8, 4) is 17.3 Å². The van der Waals surface area contributed by atoms with Crippen molar-refractivity contribution in [1.29, 1.82) is 0 Å². The second kappa shape index (κ2) is 10.4. The zero-order valence-electron chi connectivity index (χ0n) is 23.2. The molecule has 3 heterocycles. The van der Waals surface area contributed by atoms with Gasteiger partial charge in [0.05, 0.1) is 36.8 Å². The summed E-state index contributed by atoms with van der Waals surface area (Å²) in [5, 5.41) is 8.06. The average Bonchev–Trinajstić information content (AvgIpc) is 3.54. The zero-order valence-corrected chi connectivity index (χ0v) is 23.2. The van der Waals surface area contributed by atoms with Crippen LogP contribution in [-0.2, 0) is 6.54 Å². The number of fused-ring (bicyclic) bond motifs is 3. The van der Waals surface area contributed by atoms with Gasteiger partial charge in [-0.05, 0) is 72.5 Å². The van der Waals surface area contributed by atoms with Crippen LogP contribution in [-0.4, -0.2) is 32.4 Å². The fourth-order valence-electron chi connectivity index (χ4n) is 5.43. The summed E-state index contributed by atoms with van der Waals surface area (Å²) in [5.41, 5.74) is 6.89. The van der Waals surface area contributed by atoms with E-state index in [1.807, 2.05) is 65.0 Å². The first-order chi connectivity index (χ1) is 19.4. The predicted octanol–water partition coefficient (Wildman–Crippen LogP) is 7.24. The highest BCUT2D eigenvalue weighted by Crippen LogP contribution is 2.39. The van der Waals surface area contributed by atoms with Crippen LogP contribution >= 0.6 is 0 Å². The number of rotatable bonds is 5. The van der Waals surface area contributed by atoms with Crippen LogP contribution in [0.3, 0.4) is 0 Å². The van der Waals surface area contributed by atoms with Crippen LogP contribution in [0.25, 0.3) is 11.5 Å². The summed E-state index contributed by atoms with van der Waals surface area (Å²) in [6.07, 6.45) is 2.06. The Bertz CT molecular complexity index is 1630. The van der Waals surface area contributed by atoms with Gasteiger partial charge in [-0.1, -0.05) is 56.3 Å². The molecule has 40 heavy (non-hydrogen) atoms. The highest BCUT2D eigenvalue weighted by atomic mass is 16.5. The number of hydrogen-bond acceptors (Lipinski definition) is 3. The molecule has 1 atom stereocenters. The van der Waals surface area contributed by atoms with Crippen LogP contribution in [0.2, 0.25) is 0 Å². The maximum Gasteiger partial charge on any atom is 0.322 e. The Labute approximate surface area is 234 Å². The van der Waals surface area contributed by atoms with Crippen molar-refractivity contribution in [3.05, 3.63) is 125 Å². The first kappa shape index (κ1) is 25.5. The van der Waals surface area contributed by atoms with Crippen molar-refractivity contribution in [2.24, 2.45) is 0 Å². The number of benzene rings is 3. The normalized spacial score (nSPS) is 14.4. The number of nitrogens with one attached hydrogen (secondary N) is 1. The number of para-hydroxylation sites is 1. The number of nitrogens with zero attached hydrogens (tertiary/aromatic N) is 4. The molecule has 7 nitrogen and oxygen atoms in total. The lowest BCUT2D eigenvalue weighted by Crippen LogP contribution is -2.38. The summed E-state index contributed by atoms with van der Waals surface area (Å²) in [5.74, 6) is 2.11. The molecule has 1 unspecified atom stereocenters. The summed E-state index contributed by atoms with van der Waals surface area (Å²) in [6, 6.07) is 29.8. The van der Waals surface area contributed by atoms with Crippen LogP contribution in [0.4, 0.5) is 10.5 Å². The summed E-state index contributed by atoms with van der Waals surface area (Å²) < 4.78 is 9.46. The van der Waals surface area contributed by atoms with Crippen molar-refractivity contribution in [3.63, 3.8) is 0 Å². The number of methoxy groups -OCH3 is 1. The van der Waals surface area contributed by atoms with Crippen LogP contribution in [0, 0.1) is 6.92 Å². The lowest BCUT2D eigenvalue weighted by atomic mass is 9.97. The molecule has 0 spiro atoms. The second-order valence-electron chi connectivity index (χ2n) is 10.4. The van der Waals surface area contributed by atoms with E-state index in [2.05, 4.69) is 72.4 Å². The Balaban J connectivity index is 1.50. The number of ether oxygens (including phenoxy) is 1. The molecule has 5 aromatic rings. The van der Waals surface area contributed by atoms with E-state index in [1.54, 1.807) is 7.11 Å². The second-order valence-corrected chi connectivity index (χ2v) is 10.4. The topological polar surface area (TPSA) is 64.3 Å². The van der Waals surface area contributed by atoms with Crippen LogP contribution in [0.15, 0.2) is 97.2 Å². The Kier molecular flexibility index (Phi) is 6.64. The number of urea groups is 1. The van der Waals surface area contributed by atoms with E-state index in [-0.39, 0.29) is 12.1 Å². The first-order valence-electron chi connectivity index (χ1n) is 13.6. The van der Waals surface area contributed by atoms with Crippen LogP contribution < -0.4 is 10.1 Å². The quantitative estimate of drug-likeness (QED) is 0.260. The van der Waals surface area contributed by atoms with Gasteiger partial charge in [0.1, 0.15) is 11.6 Å². The van der Waals surface area contributed by atoms with E-state index in [0.717, 1.165) is 39.8 Å². The van der Waals surface area contributed by atoms with Crippen molar-refractivity contribution in [2.45, 2.75) is 39.3 Å². The molecule has 202 valence electrons. The molecule has 2 amide bonds. The number of amides is 2. The molecule has 0 saturated carbocycles. The van der Waals surface area contributed by atoms with E-state index < -0.39 is 0 Å². The third-order valence-electron chi connectivity index (χ3n) is 7.61. The maximum absolute atomic E-state index is 14.1. The van der Waals surface area contributed by atoms with E-state index in [9.17, 15) is 4.79 Å². The number of aromatic nitrogens is 3. The minimum Gasteiger partial charge on any atom is -0.497 e. The molecule has 7 heteroatoms. The number of hydrogen-bond donors (Lipinski definition) is 1. The molecular weight excluding hydrogens is 498 g/mol. The number of carbonyl (C=O) groups excluding carboxylic acids is 1. The standard InChI is InChI=1S/C33H33N5O2/c1-22(2)24-12-14-25(15-13-24)31-30-11-8-20-36(30)32-29(23(3)35-38(32)27-9-6-5-7-10-27)21-37(31)33(39)34-26-16-18-28(40-4)19-17-26/h5-20,22,31H,21H2,1-4H3,(H,34,39). The predicted molar refractivity (Wildman–Crippen MR) is 158 cm³/mol. The lowest BCUT2D eigenvalue weighted by Gasteiger charge is -2.31. The van der Waals surface area contributed by atoms with Gasteiger partial charge in [0, 0.05) is 17.4 Å². The van der Waals surface area contributed by atoms with Crippen molar-refractivity contribution < 1.29 is 9.53 Å². The molecular formula is C33H33N5O2. The lowest BCUT2D eigenvalue weighted by molar-refractivity contribution is 0.194. The fraction of sp³-hybridized carbons (Fsp3) is 0.212. The van der Waals surface area contributed by atoms with Crippen molar-refractivity contribution in [2.75, 3.05) is 12.4 Å². The Morgan fingerprint density at radius 3 is 2.35 bits per heavy atom. The molecule has 1 aliphatic heterocycles. The minimum absolute atomic E-state index is 0.185. The van der Waals surface area contributed by atoms with Gasteiger partial charge in [-0.2, -0.15) is 5.10 Å². The largest absolute Gasteiger partial charge is 0.497 e. The van der Waals surface area contributed by atoms with E-state index >= 15 is 0 Å². The highest BCUT2D eigenvalue weighted by Gasteiger charge is 2.36. The number of anilines is 1. The summed E-state index contributed by atoms with van der Waals surface area (Å²) in [6.45, 7) is 6.79. The molecule has 0 bridgehead atoms. The molecule has 0 radical (unpaired) electrons. The molecule has 3 aromatic carbocycles. The van der Waals surface area contributed by atoms with Crippen LogP contribution in [0.5, 0.6) is 5.75 Å². The fourth-order valence-corrected chi connectivity index (χ4v) is 5.43. The van der Waals surface area contributed by atoms with Gasteiger partial charge in [0.15, 0.2) is 0 Å². The molecule has 0 fully saturated rings. The van der Waals surface area contributed by atoms with Crippen molar-refractivity contribution in [1.82, 2.24) is 19.2 Å². The number of carbonyl (C=O) groups is 1. The van der Waals surface area contributed by atoms with Crippen LogP contribution in [0.1, 0.15) is 53.9 Å². The summed E-state index contributed by atoms with van der Waals surface area (Å²) >= 11 is 0. The minimum atomic E-state index is -0.314. The molecule has 2 aromatic heterocycles. The smallest absolute Gasteiger partial charge is 0.322 e. The average molecular weight is 532 g/mol. The third-order valence-corrected chi connectivity index (χ3v) is 7.61. The SMILES string of the molecule is COc1ccc(NC(=O)N2Cc3c(C)nn(-c4ccccc4)c3-n3cccc3C2c2ccc(C(C)C)cc2)cc1. The summed E-state index contributed by atoms with van der Waals surface area (Å²) in [4.78, 5) is 16.0. The third kappa shape index (κ3) is 4.53. The van der Waals surface area contributed by atoms with E-state index in [1.165, 1.54) is 5.56 Å². The summed E-state index contributed by atoms with van der Waals surface area (Å²) in [7, 11) is 1.63. The van der Waals surface area contributed by atoms with Gasteiger partial charge >= 0.3 is 6.03 Å². The molecule has 6 rings (SSSR count). The van der Waals surface area contributed by atoms with Gasteiger partial charge < -0.3 is 19.5 Å². The number of aryl methyl sites for hydroxylation is 1. The first-order valence-corrected chi connectivity index (χ1v) is 13.6. The molecule has 0 saturated heterocycles. The van der Waals surface area contributed by atoms with Crippen molar-refractivity contribution >= 4 is 11.7 Å². The van der Waals surface area contributed by atoms with E-state index in [0.29, 0.717) is 18.2 Å². The Morgan fingerprint density at radius 2 is 1.68 bits per heavy atom. The van der Waals surface area contributed by atoms with E-state index in [4.69, 9.17) is 9.84 Å². The van der Waals surface area contributed by atoms with Gasteiger partial charge in [-0.3, -0.25) is 0 Å². The molecule has 0 aliphatic carbocycles. The molecule has 1 aliphatic rings. The Hall–Kier alpha value is -4.78. The van der Waals surface area contributed by atoms with Gasteiger partial charge in [-0.15, -0.1) is 0 Å². The molecule has 1 N–H and O–H groups in total. The highest BCUT2D eigenvalue weighted by molar-refractivity contribution is 5.90.